The van der Waals surface area contributed by atoms with Crippen LogP contribution in [0.25, 0.3) is 0 Å². The van der Waals surface area contributed by atoms with Crippen LogP contribution in [-0.2, 0) is 16.0 Å². The van der Waals surface area contributed by atoms with Gasteiger partial charge in [-0.15, -0.1) is 11.3 Å². The molecule has 1 heterocycles. The smallest absolute Gasteiger partial charge is 0.355 e. The maximum absolute atomic E-state index is 11.3. The maximum Gasteiger partial charge on any atom is 0.355 e. The Labute approximate surface area is 109 Å². The predicted molar refractivity (Wildman–Crippen MR) is 66.9 cm³/mol. The molecule has 1 aromatic rings. The molecule has 0 radical (unpaired) electrons. The SMILES string of the molecule is CCCOCC(=O)NCCc1nc(C(=O)O)cs1. The molecule has 0 aromatic carbocycles. The molecule has 0 saturated carbocycles. The summed E-state index contributed by atoms with van der Waals surface area (Å²) in [5.41, 5.74) is 0.0487. The predicted octanol–water partition coefficient (Wildman–Crippen LogP) is 0.927. The van der Waals surface area contributed by atoms with E-state index in [1.807, 2.05) is 6.92 Å². The van der Waals surface area contributed by atoms with E-state index in [-0.39, 0.29) is 18.2 Å². The molecule has 2 N–H and O–H groups in total. The van der Waals surface area contributed by atoms with E-state index in [0.717, 1.165) is 6.42 Å². The van der Waals surface area contributed by atoms with E-state index >= 15 is 0 Å². The number of hydrogen-bond acceptors (Lipinski definition) is 5. The lowest BCUT2D eigenvalue weighted by molar-refractivity contribution is -0.125. The first-order chi connectivity index (χ1) is 8.63. The number of carboxylic acid groups (broad SMARTS) is 1. The van der Waals surface area contributed by atoms with Crippen LogP contribution in [0.4, 0.5) is 0 Å². The fourth-order valence-electron chi connectivity index (χ4n) is 1.19. The lowest BCUT2D eigenvalue weighted by Gasteiger charge is -2.04. The van der Waals surface area contributed by atoms with Crippen molar-refractivity contribution in [2.45, 2.75) is 19.8 Å². The Kier molecular flexibility index (Phi) is 6.31. The Balaban J connectivity index is 2.20. The van der Waals surface area contributed by atoms with Gasteiger partial charge in [-0.2, -0.15) is 0 Å². The number of aromatic carboxylic acids is 1. The lowest BCUT2D eigenvalue weighted by Crippen LogP contribution is -2.29. The highest BCUT2D eigenvalue weighted by Crippen LogP contribution is 2.09. The zero-order valence-electron chi connectivity index (χ0n) is 10.1. The Morgan fingerprint density at radius 2 is 2.33 bits per heavy atom. The first-order valence-electron chi connectivity index (χ1n) is 5.65. The average molecular weight is 272 g/mol. The van der Waals surface area contributed by atoms with Gasteiger partial charge in [-0.3, -0.25) is 4.79 Å². The number of aromatic nitrogens is 1. The normalized spacial score (nSPS) is 10.3. The van der Waals surface area contributed by atoms with Gasteiger partial charge in [-0.05, 0) is 6.42 Å². The molecule has 0 fully saturated rings. The van der Waals surface area contributed by atoms with Crippen molar-refractivity contribution in [3.05, 3.63) is 16.1 Å². The second kappa shape index (κ2) is 7.78. The van der Waals surface area contributed by atoms with Crippen LogP contribution < -0.4 is 5.32 Å². The maximum atomic E-state index is 11.3. The number of thiazole rings is 1. The molecule has 1 aromatic heterocycles. The van der Waals surface area contributed by atoms with Crippen molar-refractivity contribution in [3.63, 3.8) is 0 Å². The van der Waals surface area contributed by atoms with Crippen LogP contribution >= 0.6 is 11.3 Å². The number of carbonyl (C=O) groups excluding carboxylic acids is 1. The van der Waals surface area contributed by atoms with Crippen molar-refractivity contribution >= 4 is 23.2 Å². The van der Waals surface area contributed by atoms with Gasteiger partial charge in [0.2, 0.25) is 5.91 Å². The number of nitrogens with zero attached hydrogens (tertiary/aromatic N) is 1. The second-order valence-corrected chi connectivity index (χ2v) is 4.53. The highest BCUT2D eigenvalue weighted by molar-refractivity contribution is 7.09. The zero-order chi connectivity index (χ0) is 13.4. The molecule has 0 aliphatic rings. The quantitative estimate of drug-likeness (QED) is 0.687. The van der Waals surface area contributed by atoms with Crippen LogP contribution in [0.2, 0.25) is 0 Å². The number of rotatable bonds is 8. The molecule has 7 heteroatoms. The van der Waals surface area contributed by atoms with Gasteiger partial charge in [-0.1, -0.05) is 6.92 Å². The fourth-order valence-corrected chi connectivity index (χ4v) is 1.97. The van der Waals surface area contributed by atoms with Gasteiger partial charge in [0.1, 0.15) is 6.61 Å². The highest BCUT2D eigenvalue weighted by atomic mass is 32.1. The summed E-state index contributed by atoms with van der Waals surface area (Å²) in [6, 6.07) is 0. The molecule has 1 amide bonds. The summed E-state index contributed by atoms with van der Waals surface area (Å²) in [5.74, 6) is -1.20. The average Bonchev–Trinajstić information content (AvgIpc) is 2.78. The molecule has 0 aliphatic heterocycles. The Hall–Kier alpha value is -1.47. The summed E-state index contributed by atoms with van der Waals surface area (Å²) in [5, 5.41) is 13.6. The molecule has 0 saturated heterocycles. The van der Waals surface area contributed by atoms with Gasteiger partial charge in [0.15, 0.2) is 5.69 Å². The summed E-state index contributed by atoms with van der Waals surface area (Å²) in [6.07, 6.45) is 1.40. The molecule has 0 spiro atoms. The monoisotopic (exact) mass is 272 g/mol. The summed E-state index contributed by atoms with van der Waals surface area (Å²) < 4.78 is 5.08. The molecular weight excluding hydrogens is 256 g/mol. The summed E-state index contributed by atoms with van der Waals surface area (Å²) in [7, 11) is 0. The molecule has 6 nitrogen and oxygen atoms in total. The molecule has 0 bridgehead atoms. The third-order valence-electron chi connectivity index (χ3n) is 2.01. The van der Waals surface area contributed by atoms with Crippen LogP contribution in [0, 0.1) is 0 Å². The first kappa shape index (κ1) is 14.6. The van der Waals surface area contributed by atoms with Crippen LogP contribution in [-0.4, -0.2) is 41.7 Å². The van der Waals surface area contributed by atoms with Crippen LogP contribution in [0.15, 0.2) is 5.38 Å². The summed E-state index contributed by atoms with van der Waals surface area (Å²) >= 11 is 1.28. The van der Waals surface area contributed by atoms with Crippen LogP contribution in [0.1, 0.15) is 28.8 Å². The molecule has 1 rings (SSSR count). The van der Waals surface area contributed by atoms with Gasteiger partial charge < -0.3 is 15.2 Å². The van der Waals surface area contributed by atoms with Crippen molar-refractivity contribution in [3.8, 4) is 0 Å². The van der Waals surface area contributed by atoms with Gasteiger partial charge in [0, 0.05) is 25.0 Å². The second-order valence-electron chi connectivity index (χ2n) is 3.58. The molecule has 0 unspecified atom stereocenters. The molecule has 18 heavy (non-hydrogen) atoms. The minimum Gasteiger partial charge on any atom is -0.476 e. The van der Waals surface area contributed by atoms with E-state index in [9.17, 15) is 9.59 Å². The number of ether oxygens (including phenoxy) is 1. The first-order valence-corrected chi connectivity index (χ1v) is 6.53. The van der Waals surface area contributed by atoms with Gasteiger partial charge in [0.05, 0.1) is 5.01 Å². The van der Waals surface area contributed by atoms with Crippen molar-refractivity contribution in [2.24, 2.45) is 0 Å². The third-order valence-corrected chi connectivity index (χ3v) is 2.92. The van der Waals surface area contributed by atoms with E-state index < -0.39 is 5.97 Å². The van der Waals surface area contributed by atoms with Gasteiger partial charge >= 0.3 is 5.97 Å². The van der Waals surface area contributed by atoms with Gasteiger partial charge in [0.25, 0.3) is 0 Å². The molecule has 100 valence electrons. The Morgan fingerprint density at radius 1 is 1.56 bits per heavy atom. The lowest BCUT2D eigenvalue weighted by atomic mass is 10.4. The number of nitrogens with one attached hydrogen (secondary N) is 1. The highest BCUT2D eigenvalue weighted by Gasteiger charge is 2.08. The molecular formula is C11H16N2O4S. The van der Waals surface area contributed by atoms with E-state index in [0.29, 0.717) is 24.6 Å². The number of carboxylic acids is 1. The summed E-state index contributed by atoms with van der Waals surface area (Å²) in [6.45, 7) is 3.04. The van der Waals surface area contributed by atoms with E-state index in [1.165, 1.54) is 16.7 Å². The van der Waals surface area contributed by atoms with Crippen molar-refractivity contribution in [1.29, 1.82) is 0 Å². The zero-order valence-corrected chi connectivity index (χ0v) is 11.0. The number of carbonyl (C=O) groups is 2. The molecule has 0 atom stereocenters. The Morgan fingerprint density at radius 3 is 2.94 bits per heavy atom. The minimum absolute atomic E-state index is 0.0487. The molecule has 0 aliphatic carbocycles. The standard InChI is InChI=1S/C11H16N2O4S/c1-2-5-17-6-9(14)12-4-3-10-13-8(7-18-10)11(15)16/h7H,2-6H2,1H3,(H,12,14)(H,15,16). The minimum atomic E-state index is -1.03. The number of amides is 1. The van der Waals surface area contributed by atoms with Gasteiger partial charge in [-0.25, -0.2) is 9.78 Å². The van der Waals surface area contributed by atoms with Crippen molar-refractivity contribution in [2.75, 3.05) is 19.8 Å². The van der Waals surface area contributed by atoms with E-state index in [4.69, 9.17) is 9.84 Å². The fraction of sp³-hybridized carbons (Fsp3) is 0.545. The van der Waals surface area contributed by atoms with E-state index in [2.05, 4.69) is 10.3 Å². The largest absolute Gasteiger partial charge is 0.476 e. The summed E-state index contributed by atoms with van der Waals surface area (Å²) in [4.78, 5) is 25.8. The number of hydrogen-bond donors (Lipinski definition) is 2. The topological polar surface area (TPSA) is 88.5 Å². The van der Waals surface area contributed by atoms with Crippen molar-refractivity contribution in [1.82, 2.24) is 10.3 Å². The van der Waals surface area contributed by atoms with Crippen molar-refractivity contribution < 1.29 is 19.4 Å². The van der Waals surface area contributed by atoms with Crippen LogP contribution in [0.5, 0.6) is 0 Å². The third kappa shape index (κ3) is 5.24. The van der Waals surface area contributed by atoms with E-state index in [1.54, 1.807) is 0 Å². The Bertz CT molecular complexity index is 406. The van der Waals surface area contributed by atoms with Crippen LogP contribution in [0.3, 0.4) is 0 Å².